The van der Waals surface area contributed by atoms with Gasteiger partial charge in [-0.25, -0.2) is 0 Å². The van der Waals surface area contributed by atoms with Crippen molar-refractivity contribution in [1.82, 2.24) is 9.80 Å². The van der Waals surface area contributed by atoms with Crippen molar-refractivity contribution in [1.29, 1.82) is 0 Å². The molecule has 0 spiro atoms. The highest BCUT2D eigenvalue weighted by molar-refractivity contribution is 5.73. The maximum absolute atomic E-state index is 12.1. The molecule has 1 atom stereocenters. The molecule has 1 aliphatic carbocycles. The number of amides is 1. The molecule has 0 radical (unpaired) electrons. The Bertz CT molecular complexity index is 703. The third-order valence-electron chi connectivity index (χ3n) is 6.61. The van der Waals surface area contributed by atoms with Crippen molar-refractivity contribution >= 4 is 5.91 Å². The number of ether oxygens (including phenoxy) is 1. The van der Waals surface area contributed by atoms with Crippen LogP contribution in [0.5, 0.6) is 5.75 Å². The fourth-order valence-corrected chi connectivity index (χ4v) is 4.85. The first-order valence-corrected chi connectivity index (χ1v) is 11.0. The molecule has 2 aliphatic rings. The highest BCUT2D eigenvalue weighted by atomic mass is 16.5. The predicted molar refractivity (Wildman–Crippen MR) is 116 cm³/mol. The van der Waals surface area contributed by atoms with Crippen LogP contribution < -0.4 is 4.74 Å². The minimum Gasteiger partial charge on any atom is -0.490 e. The van der Waals surface area contributed by atoms with Gasteiger partial charge in [-0.2, -0.15) is 0 Å². The molecular formula is C24H38N2O3. The molecule has 0 bridgehead atoms. The Morgan fingerprint density at radius 3 is 2.31 bits per heavy atom. The van der Waals surface area contributed by atoms with E-state index in [0.717, 1.165) is 36.3 Å². The molecular weight excluding hydrogens is 364 g/mol. The summed E-state index contributed by atoms with van der Waals surface area (Å²) in [4.78, 5) is 16.3. The second kappa shape index (κ2) is 8.65. The molecule has 1 aromatic carbocycles. The minimum absolute atomic E-state index is 0.0152. The van der Waals surface area contributed by atoms with Crippen molar-refractivity contribution in [3.8, 4) is 5.75 Å². The van der Waals surface area contributed by atoms with E-state index >= 15 is 0 Å². The number of carbonyl (C=O) groups excluding carboxylic acids is 1. The predicted octanol–water partition coefficient (Wildman–Crippen LogP) is 3.55. The van der Waals surface area contributed by atoms with E-state index in [-0.39, 0.29) is 12.5 Å². The lowest BCUT2D eigenvalue weighted by molar-refractivity contribution is -0.132. The highest BCUT2D eigenvalue weighted by Crippen LogP contribution is 2.37. The van der Waals surface area contributed by atoms with Gasteiger partial charge in [-0.15, -0.1) is 0 Å². The summed E-state index contributed by atoms with van der Waals surface area (Å²) >= 11 is 0. The van der Waals surface area contributed by atoms with Gasteiger partial charge >= 0.3 is 0 Å². The second-order valence-electron chi connectivity index (χ2n) is 10.1. The molecule has 5 nitrogen and oxygen atoms in total. The quantitative estimate of drug-likeness (QED) is 0.837. The summed E-state index contributed by atoms with van der Waals surface area (Å²) in [5.74, 6) is 0.793. The number of nitrogens with zero attached hydrogens (tertiary/aromatic N) is 2. The first-order chi connectivity index (χ1) is 13.6. The van der Waals surface area contributed by atoms with E-state index in [1.165, 1.54) is 12.8 Å². The molecule has 1 N–H and O–H groups in total. The van der Waals surface area contributed by atoms with Crippen LogP contribution in [-0.2, 0) is 4.79 Å². The third-order valence-corrected chi connectivity index (χ3v) is 6.61. The lowest BCUT2D eigenvalue weighted by Crippen LogP contribution is -2.53. The van der Waals surface area contributed by atoms with Crippen molar-refractivity contribution in [2.75, 3.05) is 32.8 Å². The van der Waals surface area contributed by atoms with Gasteiger partial charge in [-0.1, -0.05) is 19.9 Å². The number of hydrogen-bond acceptors (Lipinski definition) is 4. The first-order valence-electron chi connectivity index (χ1n) is 11.0. The zero-order chi connectivity index (χ0) is 21.2. The fraction of sp³-hybridized carbons (Fsp3) is 0.708. The van der Waals surface area contributed by atoms with E-state index < -0.39 is 5.60 Å². The highest BCUT2D eigenvalue weighted by Gasteiger charge is 2.40. The van der Waals surface area contributed by atoms with E-state index in [2.05, 4.69) is 24.8 Å². The van der Waals surface area contributed by atoms with Crippen molar-refractivity contribution in [3.63, 3.8) is 0 Å². The maximum Gasteiger partial charge on any atom is 0.219 e. The largest absolute Gasteiger partial charge is 0.490 e. The van der Waals surface area contributed by atoms with Crippen molar-refractivity contribution in [2.45, 2.75) is 71.9 Å². The summed E-state index contributed by atoms with van der Waals surface area (Å²) in [7, 11) is 0. The summed E-state index contributed by atoms with van der Waals surface area (Å²) in [6.07, 6.45) is 4.73. The molecule has 1 aromatic rings. The van der Waals surface area contributed by atoms with Crippen molar-refractivity contribution < 1.29 is 14.6 Å². The summed E-state index contributed by atoms with van der Waals surface area (Å²) < 4.78 is 6.05. The van der Waals surface area contributed by atoms with Gasteiger partial charge in [-0.3, -0.25) is 9.69 Å². The molecule has 1 saturated carbocycles. The molecule has 162 valence electrons. The molecule has 2 fully saturated rings. The number of hydrogen-bond donors (Lipinski definition) is 1. The van der Waals surface area contributed by atoms with Crippen LogP contribution in [0, 0.1) is 19.3 Å². The van der Waals surface area contributed by atoms with Crippen LogP contribution in [0.25, 0.3) is 0 Å². The second-order valence-corrected chi connectivity index (χ2v) is 10.1. The van der Waals surface area contributed by atoms with E-state index in [0.29, 0.717) is 31.1 Å². The van der Waals surface area contributed by atoms with Gasteiger partial charge in [0.05, 0.1) is 6.54 Å². The van der Waals surface area contributed by atoms with Crippen LogP contribution in [0.2, 0.25) is 0 Å². The van der Waals surface area contributed by atoms with Gasteiger partial charge in [0.25, 0.3) is 0 Å². The van der Waals surface area contributed by atoms with E-state index in [4.69, 9.17) is 4.74 Å². The smallest absolute Gasteiger partial charge is 0.219 e. The van der Waals surface area contributed by atoms with Crippen LogP contribution in [0.3, 0.4) is 0 Å². The minimum atomic E-state index is -1.08. The molecule has 3 rings (SSSR count). The standard InChI is InChI=1S/C24H38N2O3/c1-18-12-19(2)14-22(13-18)29-17-24(28)15-25(20(3)27)10-11-26(16-24)21-6-8-23(4,5)9-7-21/h12-14,21,28H,6-11,15-17H2,1-5H3/t24-/m1/s1. The average Bonchev–Trinajstić information content (AvgIpc) is 2.79. The van der Waals surface area contributed by atoms with Crippen LogP contribution in [0.1, 0.15) is 57.6 Å². The van der Waals surface area contributed by atoms with Crippen molar-refractivity contribution in [2.24, 2.45) is 5.41 Å². The fourth-order valence-electron chi connectivity index (χ4n) is 4.85. The van der Waals surface area contributed by atoms with E-state index in [9.17, 15) is 9.90 Å². The van der Waals surface area contributed by atoms with Gasteiger partial charge < -0.3 is 14.7 Å². The maximum atomic E-state index is 12.1. The number of benzene rings is 1. The topological polar surface area (TPSA) is 53.0 Å². The third kappa shape index (κ3) is 5.95. The van der Waals surface area contributed by atoms with E-state index in [1.807, 2.05) is 26.0 Å². The number of rotatable bonds is 4. The average molecular weight is 403 g/mol. The molecule has 1 heterocycles. The first kappa shape index (κ1) is 22.1. The van der Waals surface area contributed by atoms with Crippen LogP contribution >= 0.6 is 0 Å². The number of aliphatic hydroxyl groups is 1. The van der Waals surface area contributed by atoms with Crippen molar-refractivity contribution in [3.05, 3.63) is 29.3 Å². The Labute approximate surface area is 176 Å². The molecule has 1 saturated heterocycles. The van der Waals surface area contributed by atoms with Crippen LogP contribution in [0.4, 0.5) is 0 Å². The Balaban J connectivity index is 1.73. The number of aryl methyl sites for hydroxylation is 2. The van der Waals surface area contributed by atoms with Gasteiger partial charge in [0.15, 0.2) is 0 Å². The lowest BCUT2D eigenvalue weighted by atomic mass is 9.75. The zero-order valence-corrected chi connectivity index (χ0v) is 18.8. The molecule has 5 heteroatoms. The van der Waals surface area contributed by atoms with Crippen LogP contribution in [-0.4, -0.2) is 65.2 Å². The number of carbonyl (C=O) groups is 1. The zero-order valence-electron chi connectivity index (χ0n) is 18.8. The summed E-state index contributed by atoms with van der Waals surface area (Å²) in [5, 5.41) is 11.5. The Kier molecular flexibility index (Phi) is 6.59. The van der Waals surface area contributed by atoms with Gasteiger partial charge in [0, 0.05) is 32.6 Å². The summed E-state index contributed by atoms with van der Waals surface area (Å²) in [5.41, 5.74) is 1.62. The SMILES string of the molecule is CC(=O)N1CCN(C2CCC(C)(C)CC2)C[C@@](O)(COc2cc(C)cc(C)c2)C1. The van der Waals surface area contributed by atoms with Gasteiger partial charge in [0.1, 0.15) is 18.0 Å². The molecule has 1 amide bonds. The monoisotopic (exact) mass is 402 g/mol. The lowest BCUT2D eigenvalue weighted by Gasteiger charge is -2.41. The Morgan fingerprint density at radius 2 is 1.72 bits per heavy atom. The van der Waals surface area contributed by atoms with Gasteiger partial charge in [0.2, 0.25) is 5.91 Å². The summed E-state index contributed by atoms with van der Waals surface area (Å²) in [6, 6.07) is 6.58. The normalized spacial score (nSPS) is 26.2. The van der Waals surface area contributed by atoms with E-state index in [1.54, 1.807) is 11.8 Å². The Morgan fingerprint density at radius 1 is 1.10 bits per heavy atom. The molecule has 0 aromatic heterocycles. The molecule has 0 unspecified atom stereocenters. The summed E-state index contributed by atoms with van der Waals surface area (Å²) in [6.45, 7) is 12.9. The number of β-amino-alcohol motifs (C(OH)–C–C–N with tert-alkyl or cyclic N) is 1. The van der Waals surface area contributed by atoms with Gasteiger partial charge in [-0.05, 0) is 68.2 Å². The Hall–Kier alpha value is -1.59. The van der Waals surface area contributed by atoms with Crippen LogP contribution in [0.15, 0.2) is 18.2 Å². The molecule has 29 heavy (non-hydrogen) atoms. The molecule has 1 aliphatic heterocycles.